The molecule has 36 heavy (non-hydrogen) atoms. The molecule has 0 bridgehead atoms. The number of aromatic nitrogens is 2. The maximum absolute atomic E-state index is 13.0. The van der Waals surface area contributed by atoms with Crippen LogP contribution in [0.4, 0.5) is 11.5 Å². The fourth-order valence-corrected chi connectivity index (χ4v) is 4.30. The van der Waals surface area contributed by atoms with Gasteiger partial charge in [-0.2, -0.15) is 0 Å². The molecular weight excluding hydrogens is 454 g/mol. The van der Waals surface area contributed by atoms with Crippen LogP contribution in [0.2, 0.25) is 0 Å². The molecule has 8 nitrogen and oxygen atoms in total. The molecule has 1 aromatic heterocycles. The Kier molecular flexibility index (Phi) is 9.11. The van der Waals surface area contributed by atoms with Crippen LogP contribution in [0.5, 0.6) is 0 Å². The van der Waals surface area contributed by atoms with Crippen LogP contribution in [0.15, 0.2) is 64.2 Å². The summed E-state index contributed by atoms with van der Waals surface area (Å²) in [5.41, 5.74) is 8.44. The molecule has 0 fully saturated rings. The highest BCUT2D eigenvalue weighted by Crippen LogP contribution is 2.19. The maximum Gasteiger partial charge on any atom is 0.330 e. The molecule has 0 saturated carbocycles. The summed E-state index contributed by atoms with van der Waals surface area (Å²) >= 11 is 0. The Bertz CT molecular complexity index is 1260. The van der Waals surface area contributed by atoms with Crippen molar-refractivity contribution >= 4 is 17.4 Å². The lowest BCUT2D eigenvalue weighted by atomic mass is 10.00. The van der Waals surface area contributed by atoms with Gasteiger partial charge in [-0.1, -0.05) is 75.4 Å². The lowest BCUT2D eigenvalue weighted by Gasteiger charge is -2.26. The number of hydrogen-bond donors (Lipinski definition) is 3. The van der Waals surface area contributed by atoms with Crippen molar-refractivity contribution in [3.05, 3.63) is 92.1 Å². The average Bonchev–Trinajstić information content (AvgIpc) is 2.82. The quantitative estimate of drug-likeness (QED) is 0.380. The fourth-order valence-electron chi connectivity index (χ4n) is 4.30. The Morgan fingerprint density at radius 3 is 2.31 bits per heavy atom. The Morgan fingerprint density at radius 1 is 1.03 bits per heavy atom. The standard InChI is InChI=1S/C28H37N5O3/c1-5-15-32(18-24(34)30-20(4)23-13-11-21(12-14-23)16-19(2)3)25-26(29)33(28(36)31-27(25)35)17-22-9-7-6-8-10-22/h6-14,19-20H,5,15-18,29H2,1-4H3,(H,30,34)(H,31,35,36). The van der Waals surface area contributed by atoms with Gasteiger partial charge in [-0.25, -0.2) is 4.79 Å². The fraction of sp³-hybridized carbons (Fsp3) is 0.393. The van der Waals surface area contributed by atoms with Crippen LogP contribution in [0.25, 0.3) is 0 Å². The van der Waals surface area contributed by atoms with Crippen molar-refractivity contribution in [3.63, 3.8) is 0 Å². The van der Waals surface area contributed by atoms with Crippen molar-refractivity contribution in [3.8, 4) is 0 Å². The van der Waals surface area contributed by atoms with E-state index in [0.29, 0.717) is 18.9 Å². The second-order valence-corrected chi connectivity index (χ2v) is 9.62. The van der Waals surface area contributed by atoms with E-state index in [1.54, 1.807) is 4.90 Å². The number of carbonyl (C=O) groups excluding carboxylic acids is 1. The summed E-state index contributed by atoms with van der Waals surface area (Å²) in [6.45, 7) is 8.85. The van der Waals surface area contributed by atoms with Crippen LogP contribution >= 0.6 is 0 Å². The third-order valence-electron chi connectivity index (χ3n) is 6.04. The molecule has 192 valence electrons. The number of nitrogens with zero attached hydrogens (tertiary/aromatic N) is 2. The molecule has 2 aromatic carbocycles. The predicted octanol–water partition coefficient (Wildman–Crippen LogP) is 3.46. The molecule has 4 N–H and O–H groups in total. The summed E-state index contributed by atoms with van der Waals surface area (Å²) < 4.78 is 1.33. The largest absolute Gasteiger partial charge is 0.383 e. The highest BCUT2D eigenvalue weighted by molar-refractivity contribution is 5.82. The molecule has 8 heteroatoms. The zero-order chi connectivity index (χ0) is 26.2. The van der Waals surface area contributed by atoms with E-state index in [1.807, 2.05) is 56.3 Å². The van der Waals surface area contributed by atoms with E-state index in [-0.39, 0.29) is 36.5 Å². The smallest absolute Gasteiger partial charge is 0.330 e. The second kappa shape index (κ2) is 12.2. The number of carbonyl (C=O) groups is 1. The van der Waals surface area contributed by atoms with Crippen LogP contribution in [-0.2, 0) is 17.8 Å². The first-order valence-electron chi connectivity index (χ1n) is 12.5. The van der Waals surface area contributed by atoms with Crippen molar-refractivity contribution in [2.24, 2.45) is 5.92 Å². The molecule has 0 aliphatic heterocycles. The SMILES string of the molecule is CCCN(CC(=O)NC(C)c1ccc(CC(C)C)cc1)c1c(N)n(Cc2ccccc2)c(=O)[nH]c1=O. The number of H-pyrrole nitrogens is 1. The summed E-state index contributed by atoms with van der Waals surface area (Å²) in [5.74, 6) is 0.389. The molecule has 1 heterocycles. The summed E-state index contributed by atoms with van der Waals surface area (Å²) in [7, 11) is 0. The number of aromatic amines is 1. The van der Waals surface area contributed by atoms with Gasteiger partial charge >= 0.3 is 5.69 Å². The number of amides is 1. The highest BCUT2D eigenvalue weighted by Gasteiger charge is 2.21. The van der Waals surface area contributed by atoms with E-state index < -0.39 is 11.2 Å². The number of benzene rings is 2. The van der Waals surface area contributed by atoms with E-state index in [4.69, 9.17) is 5.73 Å². The van der Waals surface area contributed by atoms with Gasteiger partial charge in [0.05, 0.1) is 19.1 Å². The summed E-state index contributed by atoms with van der Waals surface area (Å²) in [6.07, 6.45) is 1.70. The molecule has 0 saturated heterocycles. The zero-order valence-corrected chi connectivity index (χ0v) is 21.6. The minimum Gasteiger partial charge on any atom is -0.383 e. The Labute approximate surface area is 212 Å². The molecule has 1 unspecified atom stereocenters. The Morgan fingerprint density at radius 2 is 1.69 bits per heavy atom. The zero-order valence-electron chi connectivity index (χ0n) is 21.6. The van der Waals surface area contributed by atoms with Crippen LogP contribution < -0.4 is 27.2 Å². The van der Waals surface area contributed by atoms with Crippen molar-refractivity contribution in [2.75, 3.05) is 23.7 Å². The predicted molar refractivity (Wildman–Crippen MR) is 145 cm³/mol. The first kappa shape index (κ1) is 26.8. The average molecular weight is 492 g/mol. The van der Waals surface area contributed by atoms with E-state index >= 15 is 0 Å². The molecule has 0 radical (unpaired) electrons. The van der Waals surface area contributed by atoms with Gasteiger partial charge in [-0.15, -0.1) is 0 Å². The maximum atomic E-state index is 13.0. The number of nitrogen functional groups attached to an aromatic ring is 1. The van der Waals surface area contributed by atoms with E-state index in [1.165, 1.54) is 10.1 Å². The van der Waals surface area contributed by atoms with Gasteiger partial charge in [0.25, 0.3) is 5.56 Å². The van der Waals surface area contributed by atoms with Gasteiger partial charge in [-0.05, 0) is 42.4 Å². The Hall–Kier alpha value is -3.81. The molecular formula is C28H37N5O3. The van der Waals surface area contributed by atoms with Crippen LogP contribution in [0.3, 0.4) is 0 Å². The van der Waals surface area contributed by atoms with Gasteiger partial charge in [0.2, 0.25) is 5.91 Å². The number of nitrogens with one attached hydrogen (secondary N) is 2. The van der Waals surface area contributed by atoms with Gasteiger partial charge < -0.3 is 16.0 Å². The van der Waals surface area contributed by atoms with Crippen LogP contribution in [-0.4, -0.2) is 28.5 Å². The van der Waals surface area contributed by atoms with Crippen molar-refractivity contribution in [1.29, 1.82) is 0 Å². The first-order chi connectivity index (χ1) is 17.2. The lowest BCUT2D eigenvalue weighted by molar-refractivity contribution is -0.120. The topological polar surface area (TPSA) is 113 Å². The minimum atomic E-state index is -0.600. The first-order valence-corrected chi connectivity index (χ1v) is 12.5. The number of anilines is 2. The molecule has 1 atom stereocenters. The van der Waals surface area contributed by atoms with E-state index in [0.717, 1.165) is 17.5 Å². The van der Waals surface area contributed by atoms with Crippen molar-refractivity contribution in [1.82, 2.24) is 14.9 Å². The van der Waals surface area contributed by atoms with Crippen molar-refractivity contribution in [2.45, 2.75) is 53.1 Å². The molecule has 1 amide bonds. The van der Waals surface area contributed by atoms with Gasteiger partial charge in [0.1, 0.15) is 11.5 Å². The van der Waals surface area contributed by atoms with Crippen LogP contribution in [0.1, 0.15) is 56.8 Å². The molecule has 0 aliphatic carbocycles. The summed E-state index contributed by atoms with van der Waals surface area (Å²) in [6, 6.07) is 17.5. The number of hydrogen-bond acceptors (Lipinski definition) is 5. The highest BCUT2D eigenvalue weighted by atomic mass is 16.2. The second-order valence-electron chi connectivity index (χ2n) is 9.62. The Balaban J connectivity index is 1.79. The number of rotatable bonds is 11. The minimum absolute atomic E-state index is 0.0441. The van der Waals surface area contributed by atoms with Crippen molar-refractivity contribution < 1.29 is 4.79 Å². The van der Waals surface area contributed by atoms with E-state index in [2.05, 4.69) is 36.3 Å². The lowest BCUT2D eigenvalue weighted by Crippen LogP contribution is -2.43. The number of nitrogens with two attached hydrogens (primary N) is 1. The monoisotopic (exact) mass is 491 g/mol. The normalized spacial score (nSPS) is 11.9. The summed E-state index contributed by atoms with van der Waals surface area (Å²) in [5, 5.41) is 3.02. The third-order valence-corrected chi connectivity index (χ3v) is 6.04. The summed E-state index contributed by atoms with van der Waals surface area (Å²) in [4.78, 5) is 42.3. The van der Waals surface area contributed by atoms with Crippen LogP contribution in [0, 0.1) is 5.92 Å². The molecule has 3 rings (SSSR count). The van der Waals surface area contributed by atoms with E-state index in [9.17, 15) is 14.4 Å². The third kappa shape index (κ3) is 6.87. The molecule has 0 aliphatic rings. The van der Waals surface area contributed by atoms with Gasteiger partial charge in [0.15, 0.2) is 0 Å². The molecule has 3 aromatic rings. The molecule has 0 spiro atoms. The van der Waals surface area contributed by atoms with Gasteiger partial charge in [0, 0.05) is 6.54 Å². The van der Waals surface area contributed by atoms with Gasteiger partial charge in [-0.3, -0.25) is 19.1 Å².